The summed E-state index contributed by atoms with van der Waals surface area (Å²) in [5, 5.41) is 11.9. The normalized spacial score (nSPS) is 13.9. The van der Waals surface area contributed by atoms with Crippen LogP contribution in [0, 0.1) is 0 Å². The Morgan fingerprint density at radius 1 is 0.512 bits per heavy atom. The van der Waals surface area contributed by atoms with E-state index in [1.165, 1.54) is 0 Å². The molecule has 14 heteroatoms. The quantitative estimate of drug-likeness (QED) is 0.0788. The second-order valence-corrected chi connectivity index (χ2v) is 9.54. The number of piperidine rings is 1. The number of hydrogen-bond acceptors (Lipinski definition) is 13. The van der Waals surface area contributed by atoms with Gasteiger partial charge in [0.25, 0.3) is 0 Å². The van der Waals surface area contributed by atoms with E-state index in [1.807, 2.05) is 0 Å². The van der Waals surface area contributed by atoms with Crippen molar-refractivity contribution in [3.05, 3.63) is 0 Å². The smallest absolute Gasteiger partial charge is 0.305 e. The zero-order chi connectivity index (χ0) is 30.9. The van der Waals surface area contributed by atoms with Crippen molar-refractivity contribution in [1.82, 2.24) is 5.32 Å². The molecule has 2 N–H and O–H groups in total. The SMILES string of the molecule is O=C(O)CCCCC(=O)OCCOCCOCCOCCOCCOCCOCCOCCOCCOC1CCNCC1. The molecule has 0 aliphatic carbocycles. The first kappa shape index (κ1) is 39.6. The Balaban J connectivity index is 1.63. The first-order valence-corrected chi connectivity index (χ1v) is 15.5. The van der Waals surface area contributed by atoms with Crippen LogP contribution < -0.4 is 5.32 Å². The zero-order valence-electron chi connectivity index (χ0n) is 25.8. The van der Waals surface area contributed by atoms with Crippen LogP contribution in [0.15, 0.2) is 0 Å². The van der Waals surface area contributed by atoms with Gasteiger partial charge in [0.05, 0.1) is 118 Å². The van der Waals surface area contributed by atoms with Crippen LogP contribution in [-0.2, 0) is 57.0 Å². The Labute approximate surface area is 256 Å². The van der Waals surface area contributed by atoms with E-state index in [9.17, 15) is 9.59 Å². The van der Waals surface area contributed by atoms with Crippen molar-refractivity contribution < 1.29 is 62.1 Å². The fourth-order valence-corrected chi connectivity index (χ4v) is 3.71. The Bertz CT molecular complexity index is 623. The Morgan fingerprint density at radius 3 is 1.26 bits per heavy atom. The van der Waals surface area contributed by atoms with Crippen molar-refractivity contribution in [2.45, 2.75) is 44.6 Å². The number of nitrogens with one attached hydrogen (secondary N) is 1. The predicted molar refractivity (Wildman–Crippen MR) is 155 cm³/mol. The van der Waals surface area contributed by atoms with Gasteiger partial charge in [-0.25, -0.2) is 0 Å². The lowest BCUT2D eigenvalue weighted by Crippen LogP contribution is -2.33. The number of ether oxygens (including phenoxy) is 10. The summed E-state index contributed by atoms with van der Waals surface area (Å²) in [6.45, 7) is 10.6. The summed E-state index contributed by atoms with van der Waals surface area (Å²) in [6.07, 6.45) is 3.76. The lowest BCUT2D eigenvalue weighted by atomic mass is 10.1. The Morgan fingerprint density at radius 2 is 0.860 bits per heavy atom. The lowest BCUT2D eigenvalue weighted by Gasteiger charge is -2.22. The minimum Gasteiger partial charge on any atom is -0.481 e. The molecule has 0 bridgehead atoms. The minimum atomic E-state index is -0.860. The molecule has 0 spiro atoms. The van der Waals surface area contributed by atoms with Crippen LogP contribution in [0.3, 0.4) is 0 Å². The van der Waals surface area contributed by atoms with E-state index in [-0.39, 0.29) is 32.0 Å². The molecule has 254 valence electrons. The molecule has 0 unspecified atom stereocenters. The number of hydrogen-bond donors (Lipinski definition) is 2. The molecule has 1 fully saturated rings. The van der Waals surface area contributed by atoms with Crippen LogP contribution in [-0.4, -0.2) is 155 Å². The van der Waals surface area contributed by atoms with Crippen LogP contribution in [0.4, 0.5) is 0 Å². The molecule has 0 saturated carbocycles. The molecule has 0 aromatic heterocycles. The van der Waals surface area contributed by atoms with Crippen LogP contribution in [0.2, 0.25) is 0 Å². The monoisotopic (exact) mass is 625 g/mol. The molecule has 0 aromatic rings. The van der Waals surface area contributed by atoms with Gasteiger partial charge in [0.1, 0.15) is 6.61 Å². The maximum absolute atomic E-state index is 11.5. The molecule has 1 saturated heterocycles. The molecule has 1 rings (SSSR count). The molecule has 0 amide bonds. The van der Waals surface area contributed by atoms with Gasteiger partial charge in [-0.05, 0) is 38.8 Å². The molecule has 0 atom stereocenters. The summed E-state index contributed by atoms with van der Waals surface area (Å²) in [7, 11) is 0. The van der Waals surface area contributed by atoms with E-state index in [0.29, 0.717) is 125 Å². The average Bonchev–Trinajstić information content (AvgIpc) is 3.01. The Kier molecular flexibility index (Phi) is 29.4. The van der Waals surface area contributed by atoms with Crippen LogP contribution >= 0.6 is 0 Å². The van der Waals surface area contributed by atoms with E-state index in [1.54, 1.807) is 0 Å². The highest BCUT2D eigenvalue weighted by Gasteiger charge is 2.12. The first-order valence-electron chi connectivity index (χ1n) is 15.5. The minimum absolute atomic E-state index is 0.0632. The van der Waals surface area contributed by atoms with Crippen molar-refractivity contribution in [3.63, 3.8) is 0 Å². The van der Waals surface area contributed by atoms with Crippen LogP contribution in [0.5, 0.6) is 0 Å². The molecular weight excluding hydrogens is 570 g/mol. The maximum atomic E-state index is 11.5. The zero-order valence-corrected chi connectivity index (χ0v) is 25.8. The summed E-state index contributed by atoms with van der Waals surface area (Å²) in [6, 6.07) is 0. The van der Waals surface area contributed by atoms with Crippen molar-refractivity contribution in [2.75, 3.05) is 132 Å². The van der Waals surface area contributed by atoms with Crippen LogP contribution in [0.25, 0.3) is 0 Å². The molecule has 1 aliphatic rings. The topological polar surface area (TPSA) is 159 Å². The first-order chi connectivity index (χ1) is 21.2. The summed E-state index contributed by atoms with van der Waals surface area (Å²) < 4.78 is 54.3. The van der Waals surface area contributed by atoms with Gasteiger partial charge < -0.3 is 57.8 Å². The van der Waals surface area contributed by atoms with Gasteiger partial charge in [0.2, 0.25) is 0 Å². The third-order valence-corrected chi connectivity index (χ3v) is 5.98. The van der Waals surface area contributed by atoms with Gasteiger partial charge in [-0.2, -0.15) is 0 Å². The van der Waals surface area contributed by atoms with Crippen molar-refractivity contribution in [3.8, 4) is 0 Å². The number of unbranched alkanes of at least 4 members (excludes halogenated alkanes) is 1. The highest BCUT2D eigenvalue weighted by molar-refractivity contribution is 5.69. The fourth-order valence-electron chi connectivity index (χ4n) is 3.71. The second kappa shape index (κ2) is 31.9. The fraction of sp³-hybridized carbons (Fsp3) is 0.931. The highest BCUT2D eigenvalue weighted by atomic mass is 16.6. The van der Waals surface area contributed by atoms with Crippen molar-refractivity contribution in [2.24, 2.45) is 0 Å². The molecule has 1 aliphatic heterocycles. The third kappa shape index (κ3) is 30.4. The number of rotatable bonds is 33. The van der Waals surface area contributed by atoms with Gasteiger partial charge in [-0.1, -0.05) is 0 Å². The number of carboxylic acids is 1. The average molecular weight is 626 g/mol. The maximum Gasteiger partial charge on any atom is 0.305 e. The predicted octanol–water partition coefficient (Wildman–Crippen LogP) is 1.08. The van der Waals surface area contributed by atoms with Crippen LogP contribution in [0.1, 0.15) is 38.5 Å². The standard InChI is InChI=1S/C29H55NO13/c31-28(32)3-1-2-4-29(33)43-26-24-41-22-20-39-18-16-37-14-12-35-10-9-34-11-13-36-15-17-38-19-21-40-23-25-42-27-5-7-30-8-6-27/h27,30H,1-26H2,(H,31,32). The number of carboxylic acid groups (broad SMARTS) is 1. The van der Waals surface area contributed by atoms with E-state index in [4.69, 9.17) is 52.5 Å². The highest BCUT2D eigenvalue weighted by Crippen LogP contribution is 2.06. The largest absolute Gasteiger partial charge is 0.481 e. The second-order valence-electron chi connectivity index (χ2n) is 9.54. The number of esters is 1. The summed E-state index contributed by atoms with van der Waals surface area (Å²) in [5.41, 5.74) is 0. The van der Waals surface area contributed by atoms with E-state index < -0.39 is 5.97 Å². The number of carbonyl (C=O) groups is 2. The van der Waals surface area contributed by atoms with Gasteiger partial charge in [0, 0.05) is 12.8 Å². The van der Waals surface area contributed by atoms with Crippen molar-refractivity contribution in [1.29, 1.82) is 0 Å². The molecule has 14 nitrogen and oxygen atoms in total. The number of aliphatic carboxylic acids is 1. The lowest BCUT2D eigenvalue weighted by molar-refractivity contribution is -0.146. The third-order valence-electron chi connectivity index (χ3n) is 5.98. The van der Waals surface area contributed by atoms with Crippen molar-refractivity contribution >= 4 is 11.9 Å². The van der Waals surface area contributed by atoms with Gasteiger partial charge in [-0.3, -0.25) is 9.59 Å². The van der Waals surface area contributed by atoms with E-state index in [0.717, 1.165) is 25.9 Å². The number of carbonyl (C=O) groups excluding carboxylic acids is 1. The molecule has 1 heterocycles. The van der Waals surface area contributed by atoms with E-state index in [2.05, 4.69) is 5.32 Å². The summed E-state index contributed by atoms with van der Waals surface area (Å²) >= 11 is 0. The van der Waals surface area contributed by atoms with Gasteiger partial charge in [0.15, 0.2) is 0 Å². The van der Waals surface area contributed by atoms with E-state index >= 15 is 0 Å². The summed E-state index contributed by atoms with van der Waals surface area (Å²) in [4.78, 5) is 21.9. The van der Waals surface area contributed by atoms with Gasteiger partial charge >= 0.3 is 11.9 Å². The Hall–Kier alpha value is -1.46. The summed E-state index contributed by atoms with van der Waals surface area (Å²) in [5.74, 6) is -1.20. The molecule has 0 aromatic carbocycles. The molecular formula is C29H55NO13. The molecule has 43 heavy (non-hydrogen) atoms. The molecule has 0 radical (unpaired) electrons. The van der Waals surface area contributed by atoms with Gasteiger partial charge in [-0.15, -0.1) is 0 Å².